The summed E-state index contributed by atoms with van der Waals surface area (Å²) in [6, 6.07) is 11.5. The minimum Gasteiger partial charge on any atom is -0.321 e. The van der Waals surface area contributed by atoms with E-state index in [-0.39, 0.29) is 11.5 Å². The van der Waals surface area contributed by atoms with Crippen LogP contribution < -0.4 is 5.32 Å². The van der Waals surface area contributed by atoms with Crippen molar-refractivity contribution < 1.29 is 9.18 Å². The third-order valence-corrected chi connectivity index (χ3v) is 3.64. The molecule has 2 nitrogen and oxygen atoms in total. The minimum atomic E-state index is -0.463. The first kappa shape index (κ1) is 13.2. The third kappa shape index (κ3) is 2.97. The SMILES string of the molecule is O=C(Nc1ccccc1Br)c1ccc(Br)c(F)c1. The molecule has 0 aliphatic rings. The van der Waals surface area contributed by atoms with Gasteiger partial charge in [0.15, 0.2) is 0 Å². The highest BCUT2D eigenvalue weighted by Gasteiger charge is 2.10. The summed E-state index contributed by atoms with van der Waals surface area (Å²) in [4.78, 5) is 11.9. The van der Waals surface area contributed by atoms with Crippen molar-refractivity contribution in [3.63, 3.8) is 0 Å². The second-order valence-electron chi connectivity index (χ2n) is 3.56. The molecular formula is C13H8Br2FNO. The number of carbonyl (C=O) groups is 1. The molecule has 0 fully saturated rings. The number of halogens is 3. The summed E-state index contributed by atoms with van der Waals surface area (Å²) in [6.45, 7) is 0. The molecule has 5 heteroatoms. The Morgan fingerprint density at radius 2 is 1.78 bits per heavy atom. The Morgan fingerprint density at radius 3 is 2.44 bits per heavy atom. The number of hydrogen-bond acceptors (Lipinski definition) is 1. The van der Waals surface area contributed by atoms with Crippen LogP contribution >= 0.6 is 31.9 Å². The van der Waals surface area contributed by atoms with Gasteiger partial charge in [-0.3, -0.25) is 4.79 Å². The molecule has 0 bridgehead atoms. The highest BCUT2D eigenvalue weighted by molar-refractivity contribution is 9.10. The highest BCUT2D eigenvalue weighted by Crippen LogP contribution is 2.22. The maximum absolute atomic E-state index is 13.3. The van der Waals surface area contributed by atoms with Gasteiger partial charge in [0.1, 0.15) is 5.82 Å². The molecule has 2 aromatic rings. The van der Waals surface area contributed by atoms with Crippen molar-refractivity contribution in [2.75, 3.05) is 5.32 Å². The maximum atomic E-state index is 13.3. The van der Waals surface area contributed by atoms with E-state index in [0.29, 0.717) is 10.2 Å². The number of nitrogens with one attached hydrogen (secondary N) is 1. The van der Waals surface area contributed by atoms with Crippen LogP contribution in [0.3, 0.4) is 0 Å². The fourth-order valence-electron chi connectivity index (χ4n) is 1.39. The van der Waals surface area contributed by atoms with Gasteiger partial charge in [-0.1, -0.05) is 12.1 Å². The van der Waals surface area contributed by atoms with Crippen molar-refractivity contribution >= 4 is 43.5 Å². The third-order valence-electron chi connectivity index (χ3n) is 2.30. The Balaban J connectivity index is 2.22. The molecule has 1 amide bonds. The van der Waals surface area contributed by atoms with Crippen molar-refractivity contribution in [1.29, 1.82) is 0 Å². The molecule has 0 saturated heterocycles. The summed E-state index contributed by atoms with van der Waals surface area (Å²) in [5, 5.41) is 2.71. The van der Waals surface area contributed by atoms with E-state index in [1.807, 2.05) is 18.2 Å². The second kappa shape index (κ2) is 5.63. The normalized spacial score (nSPS) is 10.2. The smallest absolute Gasteiger partial charge is 0.255 e. The minimum absolute atomic E-state index is 0.270. The average molecular weight is 373 g/mol. The van der Waals surface area contributed by atoms with Crippen LogP contribution in [0.5, 0.6) is 0 Å². The predicted molar refractivity (Wildman–Crippen MR) is 76.2 cm³/mol. The second-order valence-corrected chi connectivity index (χ2v) is 5.27. The van der Waals surface area contributed by atoms with Gasteiger partial charge in [-0.25, -0.2) is 4.39 Å². The van der Waals surface area contributed by atoms with E-state index < -0.39 is 5.82 Å². The Kier molecular flexibility index (Phi) is 4.14. The molecule has 18 heavy (non-hydrogen) atoms. The van der Waals surface area contributed by atoms with Crippen LogP contribution in [0.1, 0.15) is 10.4 Å². The van der Waals surface area contributed by atoms with Gasteiger partial charge in [-0.05, 0) is 62.2 Å². The molecule has 0 aromatic heterocycles. The molecule has 0 atom stereocenters. The van der Waals surface area contributed by atoms with Gasteiger partial charge < -0.3 is 5.32 Å². The predicted octanol–water partition coefficient (Wildman–Crippen LogP) is 4.60. The van der Waals surface area contributed by atoms with Gasteiger partial charge >= 0.3 is 0 Å². The van der Waals surface area contributed by atoms with E-state index in [2.05, 4.69) is 37.2 Å². The topological polar surface area (TPSA) is 29.1 Å². The largest absolute Gasteiger partial charge is 0.321 e. The van der Waals surface area contributed by atoms with Gasteiger partial charge in [0.05, 0.1) is 10.2 Å². The summed E-state index contributed by atoms with van der Waals surface area (Å²) in [5.74, 6) is -0.817. The maximum Gasteiger partial charge on any atom is 0.255 e. The van der Waals surface area contributed by atoms with Crippen LogP contribution in [0.4, 0.5) is 10.1 Å². The van der Waals surface area contributed by atoms with Crippen molar-refractivity contribution in [2.45, 2.75) is 0 Å². The molecule has 2 rings (SSSR count). The first-order valence-electron chi connectivity index (χ1n) is 5.09. The lowest BCUT2D eigenvalue weighted by atomic mass is 10.2. The molecule has 92 valence electrons. The zero-order valence-electron chi connectivity index (χ0n) is 9.08. The Morgan fingerprint density at radius 1 is 1.06 bits per heavy atom. The molecular weight excluding hydrogens is 365 g/mol. The molecule has 0 radical (unpaired) electrons. The number of para-hydroxylation sites is 1. The molecule has 0 aliphatic heterocycles. The van der Waals surface area contributed by atoms with Crippen molar-refractivity contribution in [2.24, 2.45) is 0 Å². The fourth-order valence-corrected chi connectivity index (χ4v) is 2.02. The zero-order chi connectivity index (χ0) is 13.1. The van der Waals surface area contributed by atoms with Crippen LogP contribution in [0, 0.1) is 5.82 Å². The Labute approximate surface area is 120 Å². The van der Waals surface area contributed by atoms with Crippen LogP contribution in [0.2, 0.25) is 0 Å². The Hall–Kier alpha value is -1.20. The summed E-state index contributed by atoms with van der Waals surface area (Å²) in [7, 11) is 0. The van der Waals surface area contributed by atoms with E-state index in [4.69, 9.17) is 0 Å². The number of anilines is 1. The van der Waals surface area contributed by atoms with Gasteiger partial charge in [0, 0.05) is 10.0 Å². The zero-order valence-corrected chi connectivity index (χ0v) is 12.3. The van der Waals surface area contributed by atoms with Crippen molar-refractivity contribution in [3.8, 4) is 0 Å². The first-order valence-corrected chi connectivity index (χ1v) is 6.67. The summed E-state index contributed by atoms with van der Waals surface area (Å²) in [5.41, 5.74) is 0.914. The molecule has 0 saturated carbocycles. The fraction of sp³-hybridized carbons (Fsp3) is 0. The molecule has 0 heterocycles. The molecule has 0 aliphatic carbocycles. The van der Waals surface area contributed by atoms with Crippen LogP contribution in [0.25, 0.3) is 0 Å². The number of carbonyl (C=O) groups excluding carboxylic acids is 1. The van der Waals surface area contributed by atoms with Crippen molar-refractivity contribution in [1.82, 2.24) is 0 Å². The lowest BCUT2D eigenvalue weighted by Gasteiger charge is -2.07. The van der Waals surface area contributed by atoms with Crippen LogP contribution in [0.15, 0.2) is 51.4 Å². The number of rotatable bonds is 2. The van der Waals surface area contributed by atoms with Crippen LogP contribution in [-0.2, 0) is 0 Å². The lowest BCUT2D eigenvalue weighted by molar-refractivity contribution is 0.102. The summed E-state index contributed by atoms with van der Waals surface area (Å²) < 4.78 is 14.4. The van der Waals surface area contributed by atoms with Gasteiger partial charge in [-0.2, -0.15) is 0 Å². The first-order chi connectivity index (χ1) is 8.58. The Bertz CT molecular complexity index is 601. The van der Waals surface area contributed by atoms with Gasteiger partial charge in [0.2, 0.25) is 0 Å². The summed E-state index contributed by atoms with van der Waals surface area (Å²) >= 11 is 6.37. The standard InChI is InChI=1S/C13H8Br2FNO/c14-9-6-5-8(7-11(9)16)13(18)17-12-4-2-1-3-10(12)15/h1-7H,(H,17,18). The summed E-state index contributed by atoms with van der Waals surface area (Å²) in [6.07, 6.45) is 0. The van der Waals surface area contributed by atoms with Gasteiger partial charge in [-0.15, -0.1) is 0 Å². The molecule has 2 aromatic carbocycles. The number of benzene rings is 2. The average Bonchev–Trinajstić information content (AvgIpc) is 2.35. The van der Waals surface area contributed by atoms with Crippen molar-refractivity contribution in [3.05, 3.63) is 62.8 Å². The lowest BCUT2D eigenvalue weighted by Crippen LogP contribution is -2.12. The monoisotopic (exact) mass is 371 g/mol. The van der Waals surface area contributed by atoms with E-state index in [9.17, 15) is 9.18 Å². The highest BCUT2D eigenvalue weighted by atomic mass is 79.9. The quantitative estimate of drug-likeness (QED) is 0.819. The van der Waals surface area contributed by atoms with E-state index >= 15 is 0 Å². The van der Waals surface area contributed by atoms with E-state index in [0.717, 1.165) is 4.47 Å². The number of amides is 1. The van der Waals surface area contributed by atoms with Crippen LogP contribution in [-0.4, -0.2) is 5.91 Å². The number of hydrogen-bond donors (Lipinski definition) is 1. The van der Waals surface area contributed by atoms with E-state index in [1.54, 1.807) is 12.1 Å². The molecule has 1 N–H and O–H groups in total. The van der Waals surface area contributed by atoms with E-state index in [1.165, 1.54) is 12.1 Å². The molecule has 0 unspecified atom stereocenters. The van der Waals surface area contributed by atoms with Gasteiger partial charge in [0.25, 0.3) is 5.91 Å². The molecule has 0 spiro atoms.